The second-order valence-corrected chi connectivity index (χ2v) is 7.53. The molecule has 1 saturated heterocycles. The lowest BCUT2D eigenvalue weighted by Crippen LogP contribution is -2.43. The van der Waals surface area contributed by atoms with Crippen molar-refractivity contribution < 1.29 is 19.4 Å². The molecule has 0 bridgehead atoms. The zero-order chi connectivity index (χ0) is 17.9. The fourth-order valence-corrected chi connectivity index (χ4v) is 3.22. The maximum atomic E-state index is 12.1. The molecule has 1 aromatic carbocycles. The first kappa shape index (κ1) is 18.3. The van der Waals surface area contributed by atoms with Gasteiger partial charge in [-0.3, -0.25) is 4.79 Å². The minimum absolute atomic E-state index is 0.0305. The number of amides is 1. The van der Waals surface area contributed by atoms with E-state index in [1.54, 1.807) is 4.90 Å². The van der Waals surface area contributed by atoms with E-state index < -0.39 is 17.5 Å². The van der Waals surface area contributed by atoms with Crippen molar-refractivity contribution >= 4 is 12.1 Å². The molecule has 0 spiro atoms. The molecule has 1 unspecified atom stereocenters. The number of carbonyl (C=O) groups excluding carboxylic acids is 1. The number of carboxylic acids is 1. The number of piperidine rings is 1. The Bertz CT molecular complexity index is 598. The van der Waals surface area contributed by atoms with Gasteiger partial charge in [0.15, 0.2) is 0 Å². The topological polar surface area (TPSA) is 66.8 Å². The van der Waals surface area contributed by atoms with Crippen LogP contribution in [0.15, 0.2) is 24.3 Å². The molecule has 5 heteroatoms. The van der Waals surface area contributed by atoms with E-state index >= 15 is 0 Å². The molecule has 1 N–H and O–H groups in total. The van der Waals surface area contributed by atoms with Crippen molar-refractivity contribution in [2.75, 3.05) is 13.1 Å². The second kappa shape index (κ2) is 7.24. The second-order valence-electron chi connectivity index (χ2n) is 7.53. The summed E-state index contributed by atoms with van der Waals surface area (Å²) in [6.45, 7) is 8.57. The third kappa shape index (κ3) is 4.73. The van der Waals surface area contributed by atoms with Gasteiger partial charge in [-0.05, 0) is 52.0 Å². The molecule has 0 aromatic heterocycles. The molecule has 1 amide bonds. The van der Waals surface area contributed by atoms with Crippen LogP contribution in [0.2, 0.25) is 0 Å². The molecule has 1 heterocycles. The van der Waals surface area contributed by atoms with Crippen LogP contribution in [0.1, 0.15) is 50.7 Å². The molecular weight excluding hydrogens is 306 g/mol. The average Bonchev–Trinajstić information content (AvgIpc) is 2.46. The quantitative estimate of drug-likeness (QED) is 0.913. The van der Waals surface area contributed by atoms with Gasteiger partial charge in [-0.2, -0.15) is 0 Å². The Hall–Kier alpha value is -2.04. The molecule has 24 heavy (non-hydrogen) atoms. The lowest BCUT2D eigenvalue weighted by Gasteiger charge is -2.35. The molecule has 0 saturated carbocycles. The van der Waals surface area contributed by atoms with E-state index in [1.807, 2.05) is 52.0 Å². The van der Waals surface area contributed by atoms with E-state index in [9.17, 15) is 14.7 Å². The number of carbonyl (C=O) groups is 2. The fourth-order valence-electron chi connectivity index (χ4n) is 3.22. The summed E-state index contributed by atoms with van der Waals surface area (Å²) >= 11 is 0. The fraction of sp³-hybridized carbons (Fsp3) is 0.579. The van der Waals surface area contributed by atoms with Crippen molar-refractivity contribution in [2.24, 2.45) is 5.92 Å². The van der Waals surface area contributed by atoms with Crippen LogP contribution in [0.3, 0.4) is 0 Å². The van der Waals surface area contributed by atoms with Gasteiger partial charge in [0.1, 0.15) is 5.60 Å². The Kier molecular flexibility index (Phi) is 5.52. The van der Waals surface area contributed by atoms with E-state index in [4.69, 9.17) is 4.74 Å². The molecule has 5 nitrogen and oxygen atoms in total. The first-order chi connectivity index (χ1) is 11.2. The van der Waals surface area contributed by atoms with Crippen molar-refractivity contribution in [1.82, 2.24) is 4.90 Å². The predicted octanol–water partition coefficient (Wildman–Crippen LogP) is 3.81. The first-order valence-electron chi connectivity index (χ1n) is 8.44. The summed E-state index contributed by atoms with van der Waals surface area (Å²) in [4.78, 5) is 25.6. The molecule has 132 valence electrons. The van der Waals surface area contributed by atoms with Crippen LogP contribution in [-0.2, 0) is 9.53 Å². The number of carboxylic acid groups (broad SMARTS) is 1. The summed E-state index contributed by atoms with van der Waals surface area (Å²) in [6, 6.07) is 7.69. The molecule has 2 rings (SSSR count). The molecule has 0 aliphatic carbocycles. The molecular formula is C19H27NO4. The number of aliphatic carboxylic acids is 1. The third-order valence-electron chi connectivity index (χ3n) is 4.33. The summed E-state index contributed by atoms with van der Waals surface area (Å²) in [5, 5.41) is 9.69. The van der Waals surface area contributed by atoms with Gasteiger partial charge in [0.2, 0.25) is 0 Å². The van der Waals surface area contributed by atoms with Gasteiger partial charge in [-0.15, -0.1) is 0 Å². The Labute approximate surface area is 143 Å². The predicted molar refractivity (Wildman–Crippen MR) is 92.1 cm³/mol. The average molecular weight is 333 g/mol. The minimum atomic E-state index is -0.795. The van der Waals surface area contributed by atoms with Crippen LogP contribution in [0.4, 0.5) is 4.79 Å². The smallest absolute Gasteiger partial charge is 0.410 e. The molecule has 1 atom stereocenters. The number of likely N-dealkylation sites (tertiary alicyclic amines) is 1. The largest absolute Gasteiger partial charge is 0.481 e. The molecule has 1 aromatic rings. The van der Waals surface area contributed by atoms with Crippen LogP contribution < -0.4 is 0 Å². The van der Waals surface area contributed by atoms with Crippen molar-refractivity contribution in [2.45, 2.75) is 52.1 Å². The number of ether oxygens (including phenoxy) is 1. The van der Waals surface area contributed by atoms with Crippen molar-refractivity contribution in [3.8, 4) is 0 Å². The van der Waals surface area contributed by atoms with Crippen LogP contribution in [0.25, 0.3) is 0 Å². The summed E-state index contributed by atoms with van der Waals surface area (Å²) in [6.07, 6.45) is 1.03. The normalized spacial score (nSPS) is 17.4. The zero-order valence-corrected chi connectivity index (χ0v) is 14.9. The van der Waals surface area contributed by atoms with Gasteiger partial charge in [0, 0.05) is 13.1 Å². The monoisotopic (exact) mass is 333 g/mol. The number of nitrogens with zero attached hydrogens (tertiary/aromatic N) is 1. The summed E-state index contributed by atoms with van der Waals surface area (Å²) in [5.74, 6) is -1.29. The van der Waals surface area contributed by atoms with Crippen LogP contribution in [0, 0.1) is 12.8 Å². The highest BCUT2D eigenvalue weighted by atomic mass is 16.6. The summed E-state index contributed by atoms with van der Waals surface area (Å²) in [5.41, 5.74) is 1.39. The minimum Gasteiger partial charge on any atom is -0.481 e. The van der Waals surface area contributed by atoms with Gasteiger partial charge in [-0.1, -0.05) is 29.8 Å². The first-order valence-corrected chi connectivity index (χ1v) is 8.44. The van der Waals surface area contributed by atoms with Gasteiger partial charge in [-0.25, -0.2) is 4.79 Å². The molecule has 1 fully saturated rings. The van der Waals surface area contributed by atoms with Gasteiger partial charge in [0.25, 0.3) is 0 Å². The summed E-state index contributed by atoms with van der Waals surface area (Å²) in [7, 11) is 0. The van der Waals surface area contributed by atoms with Crippen LogP contribution in [0.5, 0.6) is 0 Å². The van der Waals surface area contributed by atoms with Gasteiger partial charge >= 0.3 is 12.1 Å². The Morgan fingerprint density at radius 2 is 1.88 bits per heavy atom. The highest BCUT2D eigenvalue weighted by molar-refractivity contribution is 5.76. The lowest BCUT2D eigenvalue weighted by molar-refractivity contribution is -0.140. The Morgan fingerprint density at radius 3 is 2.38 bits per heavy atom. The standard InChI is InChI=1S/C19H27NO4/c1-13-6-5-7-15(12-13)16(17(21)22)14-8-10-20(11-9-14)18(23)24-19(2,3)4/h5-7,12,14,16H,8-11H2,1-4H3,(H,21,22). The maximum Gasteiger partial charge on any atom is 0.410 e. The lowest BCUT2D eigenvalue weighted by atomic mass is 9.80. The molecule has 1 aliphatic heterocycles. The number of hydrogen-bond donors (Lipinski definition) is 1. The zero-order valence-electron chi connectivity index (χ0n) is 14.9. The summed E-state index contributed by atoms with van der Waals surface area (Å²) < 4.78 is 5.39. The highest BCUT2D eigenvalue weighted by Gasteiger charge is 2.34. The van der Waals surface area contributed by atoms with Crippen LogP contribution in [-0.4, -0.2) is 40.8 Å². The maximum absolute atomic E-state index is 12.1. The SMILES string of the molecule is Cc1cccc(C(C(=O)O)C2CCN(C(=O)OC(C)(C)C)CC2)c1. The van der Waals surface area contributed by atoms with Crippen LogP contribution >= 0.6 is 0 Å². The van der Waals surface area contributed by atoms with E-state index in [-0.39, 0.29) is 12.0 Å². The number of benzene rings is 1. The molecule has 0 radical (unpaired) electrons. The number of hydrogen-bond acceptors (Lipinski definition) is 3. The van der Waals surface area contributed by atoms with Gasteiger partial charge < -0.3 is 14.7 Å². The Balaban J connectivity index is 2.04. The van der Waals surface area contributed by atoms with E-state index in [2.05, 4.69) is 0 Å². The van der Waals surface area contributed by atoms with E-state index in [1.165, 1.54) is 0 Å². The van der Waals surface area contributed by atoms with Crippen molar-refractivity contribution in [3.05, 3.63) is 35.4 Å². The Morgan fingerprint density at radius 1 is 1.25 bits per heavy atom. The van der Waals surface area contributed by atoms with Crippen molar-refractivity contribution in [3.63, 3.8) is 0 Å². The van der Waals surface area contributed by atoms with Gasteiger partial charge in [0.05, 0.1) is 5.92 Å². The molecule has 1 aliphatic rings. The third-order valence-corrected chi connectivity index (χ3v) is 4.33. The highest BCUT2D eigenvalue weighted by Crippen LogP contribution is 2.33. The van der Waals surface area contributed by atoms with E-state index in [0.717, 1.165) is 11.1 Å². The number of aryl methyl sites for hydroxylation is 1. The van der Waals surface area contributed by atoms with Crippen molar-refractivity contribution in [1.29, 1.82) is 0 Å². The number of rotatable bonds is 3. The van der Waals surface area contributed by atoms with E-state index in [0.29, 0.717) is 25.9 Å².